The van der Waals surface area contributed by atoms with Crippen molar-refractivity contribution in [2.24, 2.45) is 0 Å². The van der Waals surface area contributed by atoms with Gasteiger partial charge in [-0.15, -0.1) is 12.4 Å². The predicted molar refractivity (Wildman–Crippen MR) is 107 cm³/mol. The molecule has 0 radical (unpaired) electrons. The molecular weight excluding hydrogens is 346 g/mol. The van der Waals surface area contributed by atoms with Crippen LogP contribution in [-0.4, -0.2) is 43.3 Å². The lowest BCUT2D eigenvalue weighted by Gasteiger charge is -2.38. The Morgan fingerprint density at radius 1 is 0.885 bits per heavy atom. The molecule has 4 heteroatoms. The monoisotopic (exact) mass is 373 g/mol. The topological polar surface area (TPSA) is 21.7 Å². The second kappa shape index (κ2) is 8.53. The van der Waals surface area contributed by atoms with E-state index in [0.717, 1.165) is 19.3 Å². The van der Waals surface area contributed by atoms with E-state index in [-0.39, 0.29) is 24.6 Å². The predicted octanol–water partition coefficient (Wildman–Crippen LogP) is 4.46. The van der Waals surface area contributed by atoms with Crippen LogP contribution in [0.5, 0.6) is 0 Å². The normalized spacial score (nSPS) is 28.1. The summed E-state index contributed by atoms with van der Waals surface area (Å²) in [6, 6.07) is 22.2. The first-order valence-corrected chi connectivity index (χ1v) is 9.26. The number of hydrogen-bond acceptors (Lipinski definition) is 3. The fourth-order valence-corrected chi connectivity index (χ4v) is 4.54. The Hall–Kier alpha value is -1.39. The molecule has 26 heavy (non-hydrogen) atoms. The van der Waals surface area contributed by atoms with Crippen LogP contribution in [0.25, 0.3) is 0 Å². The van der Waals surface area contributed by atoms with E-state index in [0.29, 0.717) is 18.2 Å². The molecule has 4 rings (SSSR count). The van der Waals surface area contributed by atoms with Gasteiger partial charge in [-0.3, -0.25) is 4.90 Å². The molecule has 2 saturated heterocycles. The van der Waals surface area contributed by atoms with Gasteiger partial charge in [-0.2, -0.15) is 0 Å². The van der Waals surface area contributed by atoms with Crippen molar-refractivity contribution in [2.45, 2.75) is 49.7 Å². The van der Waals surface area contributed by atoms with E-state index in [1.54, 1.807) is 0 Å². The van der Waals surface area contributed by atoms with E-state index in [1.807, 2.05) is 7.11 Å². The van der Waals surface area contributed by atoms with Crippen LogP contribution in [0.3, 0.4) is 0 Å². The molecular formula is C22H28ClNO2. The summed E-state index contributed by atoms with van der Waals surface area (Å²) in [4.78, 5) is 2.49. The molecule has 0 spiro atoms. The summed E-state index contributed by atoms with van der Waals surface area (Å²) in [7, 11) is 4.07. The first-order chi connectivity index (χ1) is 12.3. The van der Waals surface area contributed by atoms with E-state index in [1.165, 1.54) is 11.1 Å². The fraction of sp³-hybridized carbons (Fsp3) is 0.455. The third-order valence-corrected chi connectivity index (χ3v) is 5.91. The molecule has 2 aromatic rings. The van der Waals surface area contributed by atoms with Crippen molar-refractivity contribution in [3.63, 3.8) is 0 Å². The summed E-state index contributed by atoms with van der Waals surface area (Å²) < 4.78 is 12.4. The summed E-state index contributed by atoms with van der Waals surface area (Å²) in [6.07, 6.45) is 3.87. The maximum Gasteiger partial charge on any atom is 0.108 e. The van der Waals surface area contributed by atoms with Gasteiger partial charge in [0.15, 0.2) is 0 Å². The second-order valence-electron chi connectivity index (χ2n) is 7.33. The molecule has 4 atom stereocenters. The Bertz CT molecular complexity index is 642. The molecule has 2 aliphatic rings. The summed E-state index contributed by atoms with van der Waals surface area (Å²) in [5.41, 5.74) is 2.45. The molecule has 3 nitrogen and oxygen atoms in total. The van der Waals surface area contributed by atoms with Crippen molar-refractivity contribution in [1.29, 1.82) is 0 Å². The highest BCUT2D eigenvalue weighted by Crippen LogP contribution is 2.39. The molecule has 0 aliphatic carbocycles. The maximum absolute atomic E-state index is 6.70. The number of rotatable bonds is 5. The molecule has 2 heterocycles. The highest BCUT2D eigenvalue weighted by molar-refractivity contribution is 5.85. The first kappa shape index (κ1) is 19.4. The number of likely N-dealkylation sites (N-methyl/N-ethyl adjacent to an activating group) is 1. The number of fused-ring (bicyclic) bond motifs is 2. The van der Waals surface area contributed by atoms with Crippen LogP contribution in [0.2, 0.25) is 0 Å². The van der Waals surface area contributed by atoms with Crippen molar-refractivity contribution in [2.75, 3.05) is 14.2 Å². The van der Waals surface area contributed by atoms with Gasteiger partial charge in [-0.05, 0) is 37.4 Å². The Kier molecular flexibility index (Phi) is 6.36. The molecule has 0 aromatic heterocycles. The summed E-state index contributed by atoms with van der Waals surface area (Å²) in [5.74, 6) is 0. The third-order valence-electron chi connectivity index (χ3n) is 5.91. The van der Waals surface area contributed by atoms with Crippen LogP contribution in [0.15, 0.2) is 60.7 Å². The average molecular weight is 374 g/mol. The number of benzene rings is 2. The van der Waals surface area contributed by atoms with Crippen molar-refractivity contribution in [3.8, 4) is 0 Å². The maximum atomic E-state index is 6.70. The first-order valence-electron chi connectivity index (χ1n) is 9.26. The van der Waals surface area contributed by atoms with Gasteiger partial charge >= 0.3 is 0 Å². The van der Waals surface area contributed by atoms with Gasteiger partial charge in [0.1, 0.15) is 6.10 Å². The molecule has 2 fully saturated rings. The average Bonchev–Trinajstić information content (AvgIpc) is 2.85. The number of ether oxygens (including phenoxy) is 2. The number of nitrogens with zero attached hydrogens (tertiary/aromatic N) is 1. The van der Waals surface area contributed by atoms with Gasteiger partial charge in [0.2, 0.25) is 0 Å². The minimum atomic E-state index is -0.00352. The highest BCUT2D eigenvalue weighted by Gasteiger charge is 2.46. The summed E-state index contributed by atoms with van der Waals surface area (Å²) >= 11 is 0. The lowest BCUT2D eigenvalue weighted by Crippen LogP contribution is -2.45. The Labute approximate surface area is 162 Å². The standard InChI is InChI=1S/C22H27NO2.ClH/c1-23-18-13-19(15-20(23)21(14-18)24-2)25-22(16-9-5-3-6-10-16)17-11-7-4-8-12-17;/h3-12,18-22H,13-15H2,1-2H3;1H/t18?,19-,20?,21-;/m0./s1. The van der Waals surface area contributed by atoms with Crippen LogP contribution >= 0.6 is 12.4 Å². The second-order valence-corrected chi connectivity index (χ2v) is 7.33. The van der Waals surface area contributed by atoms with Crippen molar-refractivity contribution < 1.29 is 9.47 Å². The molecule has 0 N–H and O–H groups in total. The third kappa shape index (κ3) is 3.81. The van der Waals surface area contributed by atoms with Crippen LogP contribution in [-0.2, 0) is 9.47 Å². The SMILES string of the molecule is CO[C@H]1CC2C[C@H](OC(c3ccccc3)c3ccccc3)CC1N2C.Cl. The number of halogens is 1. The molecule has 140 valence electrons. The molecule has 0 amide bonds. The summed E-state index contributed by atoms with van der Waals surface area (Å²) in [5, 5.41) is 0. The minimum Gasteiger partial charge on any atom is -0.380 e. The Morgan fingerprint density at radius 2 is 1.46 bits per heavy atom. The van der Waals surface area contributed by atoms with E-state index in [9.17, 15) is 0 Å². The zero-order chi connectivity index (χ0) is 17.2. The van der Waals surface area contributed by atoms with E-state index in [4.69, 9.17) is 9.47 Å². The zero-order valence-corrected chi connectivity index (χ0v) is 16.3. The van der Waals surface area contributed by atoms with Gasteiger partial charge in [-0.1, -0.05) is 60.7 Å². The highest BCUT2D eigenvalue weighted by atomic mass is 35.5. The summed E-state index contributed by atoms with van der Waals surface area (Å²) in [6.45, 7) is 0. The number of piperidine rings is 1. The zero-order valence-electron chi connectivity index (χ0n) is 15.5. The lowest BCUT2D eigenvalue weighted by molar-refractivity contribution is -0.0523. The Balaban J connectivity index is 0.00000196. The molecule has 2 aliphatic heterocycles. The fourth-order valence-electron chi connectivity index (χ4n) is 4.54. The van der Waals surface area contributed by atoms with Crippen LogP contribution < -0.4 is 0 Å². The molecule has 2 unspecified atom stereocenters. The van der Waals surface area contributed by atoms with E-state index >= 15 is 0 Å². The van der Waals surface area contributed by atoms with Crippen LogP contribution in [0, 0.1) is 0 Å². The number of methoxy groups -OCH3 is 1. The van der Waals surface area contributed by atoms with Gasteiger partial charge < -0.3 is 9.47 Å². The number of hydrogen-bond donors (Lipinski definition) is 0. The molecule has 0 saturated carbocycles. The lowest BCUT2D eigenvalue weighted by atomic mass is 9.97. The largest absolute Gasteiger partial charge is 0.380 e. The van der Waals surface area contributed by atoms with E-state index in [2.05, 4.69) is 72.6 Å². The van der Waals surface area contributed by atoms with Crippen molar-refractivity contribution >= 4 is 12.4 Å². The Morgan fingerprint density at radius 3 is 2.00 bits per heavy atom. The van der Waals surface area contributed by atoms with Crippen LogP contribution in [0.1, 0.15) is 36.5 Å². The van der Waals surface area contributed by atoms with Crippen molar-refractivity contribution in [3.05, 3.63) is 71.8 Å². The minimum absolute atomic E-state index is 0. The smallest absolute Gasteiger partial charge is 0.108 e. The van der Waals surface area contributed by atoms with Gasteiger partial charge in [0.25, 0.3) is 0 Å². The van der Waals surface area contributed by atoms with Crippen LogP contribution in [0.4, 0.5) is 0 Å². The van der Waals surface area contributed by atoms with Gasteiger partial charge in [0, 0.05) is 19.2 Å². The van der Waals surface area contributed by atoms with Gasteiger partial charge in [-0.25, -0.2) is 0 Å². The molecule has 2 bridgehead atoms. The quantitative estimate of drug-likeness (QED) is 0.772. The molecule has 2 aromatic carbocycles. The van der Waals surface area contributed by atoms with Gasteiger partial charge in [0.05, 0.1) is 12.2 Å². The van der Waals surface area contributed by atoms with E-state index < -0.39 is 0 Å². The van der Waals surface area contributed by atoms with Crippen molar-refractivity contribution in [1.82, 2.24) is 4.90 Å².